The number of rotatable bonds is 3. The number of nitrogens with zero attached hydrogens (tertiary/aromatic N) is 3. The van der Waals surface area contributed by atoms with Crippen LogP contribution >= 0.6 is 0 Å². The number of hydrogen-bond acceptors (Lipinski definition) is 5. The van der Waals surface area contributed by atoms with E-state index in [1.807, 2.05) is 6.07 Å². The molecule has 5 heteroatoms. The van der Waals surface area contributed by atoms with Gasteiger partial charge in [-0.2, -0.15) is 0 Å². The Balaban J connectivity index is 1.98. The molecule has 2 heterocycles. The van der Waals surface area contributed by atoms with Crippen molar-refractivity contribution in [2.45, 2.75) is 6.42 Å². The van der Waals surface area contributed by atoms with E-state index in [0.29, 0.717) is 11.7 Å². The van der Waals surface area contributed by atoms with Gasteiger partial charge in [0.25, 0.3) is 0 Å². The maximum absolute atomic E-state index is 5.49. The molecule has 0 aliphatic carbocycles. The second-order valence-electron chi connectivity index (χ2n) is 3.87. The average molecular weight is 208 g/mol. The lowest BCUT2D eigenvalue weighted by atomic mass is 10.1. The maximum Gasteiger partial charge on any atom is 0.151 e. The molecule has 0 spiro atoms. The van der Waals surface area contributed by atoms with E-state index in [-0.39, 0.29) is 0 Å². The molecular weight excluding hydrogens is 192 g/mol. The number of anilines is 2. The summed E-state index contributed by atoms with van der Waals surface area (Å²) in [6.45, 7) is 2.83. The molecule has 0 radical (unpaired) electrons. The van der Waals surface area contributed by atoms with Crippen LogP contribution in [0, 0.1) is 5.92 Å². The van der Waals surface area contributed by atoms with E-state index in [9.17, 15) is 0 Å². The van der Waals surface area contributed by atoms with E-state index in [2.05, 4.69) is 15.1 Å². The first-order valence-electron chi connectivity index (χ1n) is 5.12. The molecule has 2 N–H and O–H groups in total. The largest absolute Gasteiger partial charge is 0.384 e. The third-order valence-electron chi connectivity index (χ3n) is 2.68. The van der Waals surface area contributed by atoms with E-state index in [1.165, 1.54) is 0 Å². The first-order valence-corrected chi connectivity index (χ1v) is 5.12. The monoisotopic (exact) mass is 208 g/mol. The van der Waals surface area contributed by atoms with Crippen LogP contribution in [0.5, 0.6) is 0 Å². The van der Waals surface area contributed by atoms with E-state index in [0.717, 1.165) is 31.9 Å². The Kier molecular flexibility index (Phi) is 3.01. The van der Waals surface area contributed by atoms with Gasteiger partial charge >= 0.3 is 0 Å². The molecule has 1 unspecified atom stereocenters. The summed E-state index contributed by atoms with van der Waals surface area (Å²) in [7, 11) is 1.74. The molecule has 0 bridgehead atoms. The zero-order valence-electron chi connectivity index (χ0n) is 8.89. The predicted molar refractivity (Wildman–Crippen MR) is 58.6 cm³/mol. The quantitative estimate of drug-likeness (QED) is 0.785. The molecule has 1 aliphatic rings. The summed E-state index contributed by atoms with van der Waals surface area (Å²) in [5, 5.41) is 7.91. The summed E-state index contributed by atoms with van der Waals surface area (Å²) in [5.41, 5.74) is 5.49. The molecule has 0 aromatic carbocycles. The highest BCUT2D eigenvalue weighted by molar-refractivity contribution is 5.42. The van der Waals surface area contributed by atoms with E-state index >= 15 is 0 Å². The molecule has 0 saturated carbocycles. The highest BCUT2D eigenvalue weighted by Crippen LogP contribution is 2.21. The molecule has 2 rings (SSSR count). The molecule has 1 aromatic rings. The van der Waals surface area contributed by atoms with Crippen LogP contribution in [-0.4, -0.2) is 37.0 Å². The fraction of sp³-hybridized carbons (Fsp3) is 0.600. The van der Waals surface area contributed by atoms with Crippen LogP contribution in [0.2, 0.25) is 0 Å². The normalized spacial score (nSPS) is 20.9. The number of nitrogen functional groups attached to an aromatic ring is 1. The predicted octanol–water partition coefficient (Wildman–Crippen LogP) is 0.531. The lowest BCUT2D eigenvalue weighted by Crippen LogP contribution is -2.22. The third-order valence-corrected chi connectivity index (χ3v) is 2.68. The number of hydrogen-bond donors (Lipinski definition) is 1. The molecular formula is C10H16N4O. The van der Waals surface area contributed by atoms with Gasteiger partial charge in [0.2, 0.25) is 0 Å². The van der Waals surface area contributed by atoms with Crippen LogP contribution in [0.15, 0.2) is 12.1 Å². The zero-order valence-corrected chi connectivity index (χ0v) is 8.89. The Hall–Kier alpha value is -1.36. The Morgan fingerprint density at radius 1 is 1.53 bits per heavy atom. The van der Waals surface area contributed by atoms with Gasteiger partial charge in [-0.05, 0) is 18.6 Å². The molecule has 15 heavy (non-hydrogen) atoms. The van der Waals surface area contributed by atoms with Gasteiger partial charge in [-0.3, -0.25) is 0 Å². The van der Waals surface area contributed by atoms with Gasteiger partial charge in [0, 0.05) is 26.1 Å². The lowest BCUT2D eigenvalue weighted by Gasteiger charge is -2.16. The molecule has 82 valence electrons. The van der Waals surface area contributed by atoms with Crippen LogP contribution < -0.4 is 10.6 Å². The number of ether oxygens (including phenoxy) is 1. The van der Waals surface area contributed by atoms with Crippen molar-refractivity contribution in [3.05, 3.63) is 12.1 Å². The molecule has 5 nitrogen and oxygen atoms in total. The summed E-state index contributed by atoms with van der Waals surface area (Å²) in [6.07, 6.45) is 1.15. The van der Waals surface area contributed by atoms with Crippen LogP contribution in [0.1, 0.15) is 6.42 Å². The van der Waals surface area contributed by atoms with Crippen molar-refractivity contribution >= 4 is 11.6 Å². The first-order chi connectivity index (χ1) is 7.29. The van der Waals surface area contributed by atoms with Gasteiger partial charge < -0.3 is 15.4 Å². The van der Waals surface area contributed by atoms with E-state index in [1.54, 1.807) is 13.2 Å². The molecule has 1 aromatic heterocycles. The van der Waals surface area contributed by atoms with Crippen molar-refractivity contribution in [2.24, 2.45) is 5.92 Å². The van der Waals surface area contributed by atoms with Crippen LogP contribution in [-0.2, 0) is 4.74 Å². The van der Waals surface area contributed by atoms with Gasteiger partial charge in [-0.25, -0.2) is 0 Å². The van der Waals surface area contributed by atoms with Gasteiger partial charge in [0.05, 0.1) is 6.61 Å². The van der Waals surface area contributed by atoms with Gasteiger partial charge in [-0.15, -0.1) is 10.2 Å². The van der Waals surface area contributed by atoms with Gasteiger partial charge in [-0.1, -0.05) is 0 Å². The molecule has 1 saturated heterocycles. The van der Waals surface area contributed by atoms with Crippen LogP contribution in [0.25, 0.3) is 0 Å². The Morgan fingerprint density at radius 3 is 3.07 bits per heavy atom. The van der Waals surface area contributed by atoms with Crippen molar-refractivity contribution in [2.75, 3.05) is 37.4 Å². The van der Waals surface area contributed by atoms with Crippen molar-refractivity contribution in [3.8, 4) is 0 Å². The van der Waals surface area contributed by atoms with E-state index in [4.69, 9.17) is 10.5 Å². The summed E-state index contributed by atoms with van der Waals surface area (Å²) >= 11 is 0. The Labute approximate surface area is 89.2 Å². The van der Waals surface area contributed by atoms with Crippen molar-refractivity contribution < 1.29 is 4.74 Å². The van der Waals surface area contributed by atoms with Crippen LogP contribution in [0.4, 0.5) is 11.6 Å². The van der Waals surface area contributed by atoms with Gasteiger partial charge in [0.15, 0.2) is 5.82 Å². The standard InChI is InChI=1S/C10H16N4O/c1-15-7-8-4-5-14(6-8)10-3-2-9(11)12-13-10/h2-3,8H,4-7H2,1H3,(H2,11,12). The smallest absolute Gasteiger partial charge is 0.151 e. The van der Waals surface area contributed by atoms with Crippen molar-refractivity contribution in [3.63, 3.8) is 0 Å². The fourth-order valence-corrected chi connectivity index (χ4v) is 1.92. The Morgan fingerprint density at radius 2 is 2.40 bits per heavy atom. The fourth-order valence-electron chi connectivity index (χ4n) is 1.92. The molecule has 1 atom stereocenters. The summed E-state index contributed by atoms with van der Waals surface area (Å²) in [6, 6.07) is 3.70. The first kappa shape index (κ1) is 10.2. The SMILES string of the molecule is COCC1CCN(c2ccc(N)nn2)C1. The molecule has 1 aliphatic heterocycles. The maximum atomic E-state index is 5.49. The minimum absolute atomic E-state index is 0.464. The average Bonchev–Trinajstić information content (AvgIpc) is 2.68. The minimum atomic E-state index is 0.464. The summed E-state index contributed by atoms with van der Waals surface area (Å²) < 4.78 is 5.15. The van der Waals surface area contributed by atoms with Crippen molar-refractivity contribution in [1.29, 1.82) is 0 Å². The molecule has 1 fully saturated rings. The second-order valence-corrected chi connectivity index (χ2v) is 3.87. The number of methoxy groups -OCH3 is 1. The van der Waals surface area contributed by atoms with Gasteiger partial charge in [0.1, 0.15) is 5.82 Å². The lowest BCUT2D eigenvalue weighted by molar-refractivity contribution is 0.161. The number of nitrogens with two attached hydrogens (primary N) is 1. The minimum Gasteiger partial charge on any atom is -0.384 e. The third kappa shape index (κ3) is 2.36. The van der Waals surface area contributed by atoms with Crippen molar-refractivity contribution in [1.82, 2.24) is 10.2 Å². The topological polar surface area (TPSA) is 64.3 Å². The molecule has 0 amide bonds. The summed E-state index contributed by atoms with van der Waals surface area (Å²) in [4.78, 5) is 2.22. The van der Waals surface area contributed by atoms with E-state index < -0.39 is 0 Å². The highest BCUT2D eigenvalue weighted by atomic mass is 16.5. The highest BCUT2D eigenvalue weighted by Gasteiger charge is 2.23. The summed E-state index contributed by atoms with van der Waals surface area (Å²) in [5.74, 6) is 1.98. The zero-order chi connectivity index (χ0) is 10.7. The van der Waals surface area contributed by atoms with Crippen LogP contribution in [0.3, 0.4) is 0 Å². The second kappa shape index (κ2) is 4.44. The number of aromatic nitrogens is 2. The Bertz CT molecular complexity index is 314.